The average molecular weight is 255 g/mol. The zero-order chi connectivity index (χ0) is 13.7. The topological polar surface area (TPSA) is 58.6 Å². The minimum absolute atomic E-state index is 0. The Bertz CT molecular complexity index is 680. The third-order valence-electron chi connectivity index (χ3n) is 2.63. The molecule has 0 amide bonds. The first kappa shape index (κ1) is 13.0. The summed E-state index contributed by atoms with van der Waals surface area (Å²) in [5, 5.41) is 0.906. The molecule has 1 N–H and O–H groups in total. The Morgan fingerprint density at radius 1 is 1.21 bits per heavy atom. The molecule has 2 heterocycles. The third-order valence-corrected chi connectivity index (χ3v) is 2.63. The van der Waals surface area contributed by atoms with Crippen LogP contribution in [-0.4, -0.2) is 20.7 Å². The maximum absolute atomic E-state index is 12.2. The van der Waals surface area contributed by atoms with Gasteiger partial charge in [-0.25, -0.2) is 4.98 Å². The number of hydrogen-bond acceptors (Lipinski definition) is 3. The van der Waals surface area contributed by atoms with Crippen molar-refractivity contribution in [3.05, 3.63) is 60.3 Å². The van der Waals surface area contributed by atoms with Gasteiger partial charge < -0.3 is 4.98 Å². The first-order valence-electron chi connectivity index (χ1n) is 6.23. The summed E-state index contributed by atoms with van der Waals surface area (Å²) in [6.45, 7) is 4.00. The van der Waals surface area contributed by atoms with Gasteiger partial charge in [0.25, 0.3) is 0 Å². The van der Waals surface area contributed by atoms with Crippen LogP contribution in [0, 0.1) is 0 Å². The molecule has 0 aliphatic heterocycles. The van der Waals surface area contributed by atoms with Crippen LogP contribution in [0.1, 0.15) is 31.3 Å². The fraction of sp³-hybridized carbons (Fsp3) is 0.133. The predicted octanol–water partition coefficient (Wildman–Crippen LogP) is 3.46. The first-order chi connectivity index (χ1) is 9.36. The van der Waals surface area contributed by atoms with Crippen molar-refractivity contribution in [1.29, 1.82) is 0 Å². The molecule has 4 nitrogen and oxygen atoms in total. The average Bonchev–Trinajstić information content (AvgIpc) is 2.93. The largest absolute Gasteiger partial charge is 0.360 e. The van der Waals surface area contributed by atoms with Crippen molar-refractivity contribution in [2.24, 2.45) is 0 Å². The molecule has 0 radical (unpaired) electrons. The number of fused-ring (bicyclic) bond motifs is 1. The molecule has 0 spiro atoms. The summed E-state index contributed by atoms with van der Waals surface area (Å²) in [4.78, 5) is 23.2. The number of ketones is 1. The number of nitrogens with one attached hydrogen (secondary N) is 1. The predicted molar refractivity (Wildman–Crippen MR) is 77.2 cm³/mol. The second kappa shape index (κ2) is 5.91. The van der Waals surface area contributed by atoms with Crippen LogP contribution in [0.2, 0.25) is 0 Å². The molecule has 0 unspecified atom stereocenters. The van der Waals surface area contributed by atoms with Crippen LogP contribution >= 0.6 is 0 Å². The molecule has 98 valence electrons. The van der Waals surface area contributed by atoms with E-state index in [1.165, 1.54) is 12.4 Å². The number of para-hydroxylation sites is 1. The van der Waals surface area contributed by atoms with E-state index in [0.717, 1.165) is 10.9 Å². The molecule has 3 rings (SSSR count). The van der Waals surface area contributed by atoms with Crippen LogP contribution in [0.5, 0.6) is 0 Å². The van der Waals surface area contributed by atoms with Crippen molar-refractivity contribution in [2.75, 3.05) is 0 Å². The summed E-state index contributed by atoms with van der Waals surface area (Å²) in [6, 6.07) is 7.68. The SMILES string of the molecule is CC.O=C(c1cnccn1)c1c[nH]c2ccccc12.[HH]. The van der Waals surface area contributed by atoms with Crippen molar-refractivity contribution in [2.45, 2.75) is 13.8 Å². The molecular formula is C15H17N3O. The number of H-pyrrole nitrogens is 1. The summed E-state index contributed by atoms with van der Waals surface area (Å²) in [5.41, 5.74) is 1.93. The van der Waals surface area contributed by atoms with E-state index in [9.17, 15) is 4.79 Å². The van der Waals surface area contributed by atoms with Crippen molar-refractivity contribution < 1.29 is 6.22 Å². The van der Waals surface area contributed by atoms with E-state index in [2.05, 4.69) is 15.0 Å². The number of benzene rings is 1. The molecule has 19 heavy (non-hydrogen) atoms. The Labute approximate surface area is 113 Å². The Morgan fingerprint density at radius 2 is 2.00 bits per heavy atom. The molecule has 0 bridgehead atoms. The molecular weight excluding hydrogens is 238 g/mol. The highest BCUT2D eigenvalue weighted by atomic mass is 16.1. The normalized spacial score (nSPS) is 9.79. The fourth-order valence-electron chi connectivity index (χ4n) is 1.81. The lowest BCUT2D eigenvalue weighted by molar-refractivity contribution is 0.103. The standard InChI is InChI=1S/C13H9N3O.C2H6.H2/c17-13(12-8-14-5-6-15-12)10-7-16-11-4-2-1-3-9(10)11;1-2;/h1-8,16H;1-2H3;1H. The Hall–Kier alpha value is -2.49. The van der Waals surface area contributed by atoms with Gasteiger partial charge in [-0.15, -0.1) is 0 Å². The van der Waals surface area contributed by atoms with Crippen molar-refractivity contribution in [3.8, 4) is 0 Å². The molecule has 0 saturated heterocycles. The summed E-state index contributed by atoms with van der Waals surface area (Å²) < 4.78 is 0. The Kier molecular flexibility index (Phi) is 4.03. The Morgan fingerprint density at radius 3 is 2.74 bits per heavy atom. The zero-order valence-corrected chi connectivity index (χ0v) is 10.9. The number of hydrogen-bond donors (Lipinski definition) is 1. The van der Waals surface area contributed by atoms with E-state index in [1.54, 1.807) is 12.4 Å². The number of carbonyl (C=O) groups excluding carboxylic acids is 1. The molecule has 0 fully saturated rings. The quantitative estimate of drug-likeness (QED) is 0.713. The highest BCUT2D eigenvalue weighted by molar-refractivity contribution is 6.15. The maximum atomic E-state index is 12.2. The van der Waals surface area contributed by atoms with Crippen molar-refractivity contribution >= 4 is 16.7 Å². The van der Waals surface area contributed by atoms with Gasteiger partial charge in [0.2, 0.25) is 5.78 Å². The van der Waals surface area contributed by atoms with Crippen LogP contribution in [0.25, 0.3) is 10.9 Å². The lowest BCUT2D eigenvalue weighted by atomic mass is 10.1. The van der Waals surface area contributed by atoms with Gasteiger partial charge >= 0.3 is 0 Å². The van der Waals surface area contributed by atoms with Gasteiger partial charge in [0, 0.05) is 36.5 Å². The second-order valence-corrected chi connectivity index (χ2v) is 3.67. The molecule has 1 aromatic carbocycles. The molecule has 0 atom stereocenters. The third kappa shape index (κ3) is 2.52. The van der Waals surface area contributed by atoms with Gasteiger partial charge in [0.1, 0.15) is 5.69 Å². The highest BCUT2D eigenvalue weighted by Crippen LogP contribution is 2.19. The minimum Gasteiger partial charge on any atom is -0.360 e. The minimum atomic E-state index is -0.115. The number of rotatable bonds is 2. The van der Waals surface area contributed by atoms with Crippen LogP contribution in [0.3, 0.4) is 0 Å². The number of aromatic amines is 1. The highest BCUT2D eigenvalue weighted by Gasteiger charge is 2.14. The molecule has 0 aliphatic rings. The van der Waals surface area contributed by atoms with Crippen LogP contribution < -0.4 is 0 Å². The Balaban J connectivity index is 0.000000639. The molecule has 3 aromatic rings. The van der Waals surface area contributed by atoms with Crippen LogP contribution in [0.15, 0.2) is 49.1 Å². The summed E-state index contributed by atoms with van der Waals surface area (Å²) in [6.07, 6.45) is 6.25. The lowest BCUT2D eigenvalue weighted by Crippen LogP contribution is -2.03. The van der Waals surface area contributed by atoms with E-state index in [0.29, 0.717) is 11.3 Å². The summed E-state index contributed by atoms with van der Waals surface area (Å²) >= 11 is 0. The summed E-state index contributed by atoms with van der Waals surface area (Å²) in [5.74, 6) is -0.115. The van der Waals surface area contributed by atoms with Gasteiger partial charge in [0.15, 0.2) is 0 Å². The van der Waals surface area contributed by atoms with Gasteiger partial charge in [0.05, 0.1) is 6.20 Å². The second-order valence-electron chi connectivity index (χ2n) is 3.67. The van der Waals surface area contributed by atoms with Gasteiger partial charge in [-0.05, 0) is 6.07 Å². The van der Waals surface area contributed by atoms with Crippen LogP contribution in [0.4, 0.5) is 0 Å². The van der Waals surface area contributed by atoms with Crippen molar-refractivity contribution in [1.82, 2.24) is 15.0 Å². The van der Waals surface area contributed by atoms with E-state index < -0.39 is 0 Å². The fourth-order valence-corrected chi connectivity index (χ4v) is 1.81. The molecule has 4 heteroatoms. The maximum Gasteiger partial charge on any atom is 0.215 e. The first-order valence-corrected chi connectivity index (χ1v) is 6.23. The van der Waals surface area contributed by atoms with Gasteiger partial charge in [-0.2, -0.15) is 0 Å². The number of nitrogens with zero attached hydrogens (tertiary/aromatic N) is 2. The molecule has 0 saturated carbocycles. The molecule has 0 aliphatic carbocycles. The summed E-state index contributed by atoms with van der Waals surface area (Å²) in [7, 11) is 0. The number of carbonyl (C=O) groups is 1. The zero-order valence-electron chi connectivity index (χ0n) is 10.9. The van der Waals surface area contributed by atoms with E-state index in [-0.39, 0.29) is 7.21 Å². The van der Waals surface area contributed by atoms with E-state index in [1.807, 2.05) is 38.1 Å². The van der Waals surface area contributed by atoms with Gasteiger partial charge in [-0.3, -0.25) is 9.78 Å². The van der Waals surface area contributed by atoms with Crippen LogP contribution in [-0.2, 0) is 0 Å². The van der Waals surface area contributed by atoms with Crippen molar-refractivity contribution in [3.63, 3.8) is 0 Å². The lowest BCUT2D eigenvalue weighted by Gasteiger charge is -1.97. The van der Waals surface area contributed by atoms with Gasteiger partial charge in [-0.1, -0.05) is 32.0 Å². The monoisotopic (exact) mass is 255 g/mol. The smallest absolute Gasteiger partial charge is 0.215 e. The van der Waals surface area contributed by atoms with E-state index in [4.69, 9.17) is 0 Å². The van der Waals surface area contributed by atoms with E-state index >= 15 is 0 Å². The number of aromatic nitrogens is 3. The molecule has 2 aromatic heterocycles.